The van der Waals surface area contributed by atoms with Gasteiger partial charge in [-0.1, -0.05) is 0 Å². The molecule has 21 heavy (non-hydrogen) atoms. The molecular weight excluding hydrogens is 272 g/mol. The maximum atomic E-state index is 9.81. The van der Waals surface area contributed by atoms with Crippen molar-refractivity contribution >= 4 is 17.8 Å². The molecule has 1 aromatic rings. The summed E-state index contributed by atoms with van der Waals surface area (Å²) in [5.74, 6) is 1.55. The first-order valence-electron chi connectivity index (χ1n) is 7.15. The van der Waals surface area contributed by atoms with Crippen LogP contribution in [-0.4, -0.2) is 65.1 Å². The van der Waals surface area contributed by atoms with Crippen LogP contribution >= 0.6 is 0 Å². The molecule has 118 valence electrons. The van der Waals surface area contributed by atoms with Gasteiger partial charge in [-0.2, -0.15) is 15.0 Å². The first-order chi connectivity index (χ1) is 9.92. The van der Waals surface area contributed by atoms with Crippen LogP contribution < -0.4 is 15.5 Å². The molecular formula is C13H24N6O2. The van der Waals surface area contributed by atoms with Gasteiger partial charge in [0.25, 0.3) is 0 Å². The second-order valence-corrected chi connectivity index (χ2v) is 5.65. The normalized spacial score (nSPS) is 17.5. The van der Waals surface area contributed by atoms with E-state index >= 15 is 0 Å². The van der Waals surface area contributed by atoms with E-state index in [1.54, 1.807) is 14.0 Å². The van der Waals surface area contributed by atoms with Crippen molar-refractivity contribution in [2.45, 2.75) is 32.4 Å². The SMILES string of the molecule is CNc1nc(NC(C)(C)C(C)O)nc(N2CCOCC2)n1. The number of ether oxygens (including phenoxy) is 1. The number of aliphatic hydroxyl groups excluding tert-OH is 1. The van der Waals surface area contributed by atoms with E-state index in [0.717, 1.165) is 13.1 Å². The number of nitrogens with zero attached hydrogens (tertiary/aromatic N) is 4. The lowest BCUT2D eigenvalue weighted by atomic mass is 9.99. The monoisotopic (exact) mass is 296 g/mol. The largest absolute Gasteiger partial charge is 0.391 e. The van der Waals surface area contributed by atoms with Gasteiger partial charge in [0, 0.05) is 20.1 Å². The Morgan fingerprint density at radius 1 is 1.19 bits per heavy atom. The van der Waals surface area contributed by atoms with Crippen LogP contribution in [0.25, 0.3) is 0 Å². The highest BCUT2D eigenvalue weighted by atomic mass is 16.5. The molecule has 1 aliphatic rings. The molecule has 1 atom stereocenters. The second kappa shape index (κ2) is 6.40. The molecule has 0 saturated carbocycles. The fourth-order valence-corrected chi connectivity index (χ4v) is 1.83. The summed E-state index contributed by atoms with van der Waals surface area (Å²) in [6, 6.07) is 0. The zero-order valence-corrected chi connectivity index (χ0v) is 13.1. The van der Waals surface area contributed by atoms with E-state index in [1.807, 2.05) is 13.8 Å². The molecule has 2 heterocycles. The van der Waals surface area contributed by atoms with Crippen LogP contribution in [0.1, 0.15) is 20.8 Å². The van der Waals surface area contributed by atoms with E-state index in [9.17, 15) is 5.11 Å². The van der Waals surface area contributed by atoms with Crippen LogP contribution in [0.3, 0.4) is 0 Å². The predicted molar refractivity (Wildman–Crippen MR) is 81.8 cm³/mol. The Labute approximate surface area is 125 Å². The molecule has 8 nitrogen and oxygen atoms in total. The van der Waals surface area contributed by atoms with Crippen molar-refractivity contribution in [1.82, 2.24) is 15.0 Å². The Morgan fingerprint density at radius 2 is 1.81 bits per heavy atom. The Balaban J connectivity index is 2.24. The molecule has 0 aromatic carbocycles. The predicted octanol–water partition coefficient (Wildman–Crippen LogP) is 0.321. The number of rotatable bonds is 5. The highest BCUT2D eigenvalue weighted by Gasteiger charge is 2.26. The molecule has 1 fully saturated rings. The quantitative estimate of drug-likeness (QED) is 0.715. The van der Waals surface area contributed by atoms with Crippen molar-refractivity contribution in [3.63, 3.8) is 0 Å². The van der Waals surface area contributed by atoms with Gasteiger partial charge in [0.05, 0.1) is 24.9 Å². The van der Waals surface area contributed by atoms with E-state index in [2.05, 4.69) is 30.5 Å². The number of aliphatic hydroxyl groups is 1. The molecule has 0 spiro atoms. The Morgan fingerprint density at radius 3 is 2.38 bits per heavy atom. The lowest BCUT2D eigenvalue weighted by Crippen LogP contribution is -2.43. The van der Waals surface area contributed by atoms with Crippen molar-refractivity contribution in [2.24, 2.45) is 0 Å². The highest BCUT2D eigenvalue weighted by Crippen LogP contribution is 2.19. The van der Waals surface area contributed by atoms with Crippen LogP contribution in [0.15, 0.2) is 0 Å². The van der Waals surface area contributed by atoms with Crippen molar-refractivity contribution in [3.05, 3.63) is 0 Å². The third-order valence-corrected chi connectivity index (χ3v) is 3.62. The second-order valence-electron chi connectivity index (χ2n) is 5.65. The zero-order chi connectivity index (χ0) is 15.5. The third-order valence-electron chi connectivity index (χ3n) is 3.62. The summed E-state index contributed by atoms with van der Waals surface area (Å²) < 4.78 is 5.34. The molecule has 3 N–H and O–H groups in total. The van der Waals surface area contributed by atoms with Gasteiger partial charge < -0.3 is 25.4 Å². The van der Waals surface area contributed by atoms with Gasteiger partial charge in [-0.15, -0.1) is 0 Å². The third kappa shape index (κ3) is 3.92. The molecule has 0 aliphatic carbocycles. The maximum Gasteiger partial charge on any atom is 0.232 e. The number of nitrogens with one attached hydrogen (secondary N) is 2. The summed E-state index contributed by atoms with van der Waals surface area (Å²) in [4.78, 5) is 15.2. The first kappa shape index (κ1) is 15.7. The van der Waals surface area contributed by atoms with Crippen molar-refractivity contribution in [2.75, 3.05) is 48.9 Å². The van der Waals surface area contributed by atoms with Gasteiger partial charge in [-0.25, -0.2) is 0 Å². The average Bonchev–Trinajstić information content (AvgIpc) is 2.47. The molecule has 1 aliphatic heterocycles. The fourth-order valence-electron chi connectivity index (χ4n) is 1.83. The van der Waals surface area contributed by atoms with E-state index in [1.165, 1.54) is 0 Å². The summed E-state index contributed by atoms with van der Waals surface area (Å²) in [6.45, 7) is 8.38. The van der Waals surface area contributed by atoms with Gasteiger partial charge in [0.15, 0.2) is 0 Å². The summed E-state index contributed by atoms with van der Waals surface area (Å²) in [7, 11) is 1.77. The number of hydrogen-bond acceptors (Lipinski definition) is 8. The first-order valence-corrected chi connectivity index (χ1v) is 7.15. The number of morpholine rings is 1. The average molecular weight is 296 g/mol. The molecule has 2 rings (SSSR count). The minimum atomic E-state index is -0.542. The van der Waals surface area contributed by atoms with E-state index < -0.39 is 11.6 Å². The fraction of sp³-hybridized carbons (Fsp3) is 0.769. The minimum absolute atomic E-state index is 0.446. The van der Waals surface area contributed by atoms with Gasteiger partial charge in [-0.3, -0.25) is 0 Å². The van der Waals surface area contributed by atoms with Crippen molar-refractivity contribution in [3.8, 4) is 0 Å². The van der Waals surface area contributed by atoms with Crippen molar-refractivity contribution < 1.29 is 9.84 Å². The number of aromatic nitrogens is 3. The summed E-state index contributed by atoms with van der Waals surface area (Å²) >= 11 is 0. The molecule has 1 unspecified atom stereocenters. The van der Waals surface area contributed by atoms with Gasteiger partial charge in [0.2, 0.25) is 17.8 Å². The van der Waals surface area contributed by atoms with Crippen LogP contribution in [0.5, 0.6) is 0 Å². The zero-order valence-electron chi connectivity index (χ0n) is 13.1. The smallest absolute Gasteiger partial charge is 0.232 e. The van der Waals surface area contributed by atoms with E-state index in [-0.39, 0.29) is 0 Å². The van der Waals surface area contributed by atoms with E-state index in [0.29, 0.717) is 31.1 Å². The number of anilines is 3. The summed E-state index contributed by atoms with van der Waals surface area (Å²) in [5, 5.41) is 15.9. The summed E-state index contributed by atoms with van der Waals surface area (Å²) in [6.07, 6.45) is -0.542. The Hall–Kier alpha value is -1.67. The minimum Gasteiger partial charge on any atom is -0.391 e. The van der Waals surface area contributed by atoms with Gasteiger partial charge in [0.1, 0.15) is 0 Å². The Bertz CT molecular complexity index is 474. The summed E-state index contributed by atoms with van der Waals surface area (Å²) in [5.41, 5.74) is -0.533. The van der Waals surface area contributed by atoms with Crippen LogP contribution in [0.4, 0.5) is 17.8 Å². The highest BCUT2D eigenvalue weighted by molar-refractivity contribution is 5.45. The van der Waals surface area contributed by atoms with Gasteiger partial charge in [-0.05, 0) is 20.8 Å². The Kier molecular flexibility index (Phi) is 4.79. The number of hydrogen-bond donors (Lipinski definition) is 3. The topological polar surface area (TPSA) is 95.4 Å². The molecule has 1 saturated heterocycles. The molecule has 0 radical (unpaired) electrons. The van der Waals surface area contributed by atoms with E-state index in [4.69, 9.17) is 4.74 Å². The van der Waals surface area contributed by atoms with Gasteiger partial charge >= 0.3 is 0 Å². The van der Waals surface area contributed by atoms with Crippen LogP contribution in [0, 0.1) is 0 Å². The lowest BCUT2D eigenvalue weighted by molar-refractivity contribution is 0.122. The maximum absolute atomic E-state index is 9.81. The molecule has 0 amide bonds. The van der Waals surface area contributed by atoms with Crippen LogP contribution in [-0.2, 0) is 4.74 Å². The lowest BCUT2D eigenvalue weighted by Gasteiger charge is -2.30. The molecule has 1 aromatic heterocycles. The van der Waals surface area contributed by atoms with Crippen LogP contribution in [0.2, 0.25) is 0 Å². The van der Waals surface area contributed by atoms with Crippen molar-refractivity contribution in [1.29, 1.82) is 0 Å². The molecule has 0 bridgehead atoms. The molecule has 8 heteroatoms. The standard InChI is InChI=1S/C13H24N6O2/c1-9(20)13(2,3)18-11-15-10(14-4)16-12(17-11)19-5-7-21-8-6-19/h9,20H,5-8H2,1-4H3,(H2,14,15,16,17,18).